The van der Waals surface area contributed by atoms with E-state index in [0.717, 1.165) is 4.90 Å². The van der Waals surface area contributed by atoms with Crippen molar-refractivity contribution in [2.75, 3.05) is 26.1 Å². The lowest BCUT2D eigenvalue weighted by Crippen LogP contribution is -2.38. The summed E-state index contributed by atoms with van der Waals surface area (Å²) in [6, 6.07) is 7.41. The van der Waals surface area contributed by atoms with Crippen molar-refractivity contribution in [3.05, 3.63) is 29.3 Å². The maximum Gasteiger partial charge on any atom is 0.221 e. The van der Waals surface area contributed by atoms with Crippen LogP contribution in [0.25, 0.3) is 0 Å². The van der Waals surface area contributed by atoms with E-state index in [1.807, 2.05) is 24.3 Å². The highest BCUT2D eigenvalue weighted by Gasteiger charge is 2.11. The predicted molar refractivity (Wildman–Crippen MR) is 82.3 cm³/mol. The Labute approximate surface area is 128 Å². The molecule has 0 saturated heterocycles. The van der Waals surface area contributed by atoms with Gasteiger partial charge in [-0.05, 0) is 30.7 Å². The number of aliphatic hydroxyl groups excluding tert-OH is 1. The molecule has 20 heavy (non-hydrogen) atoms. The van der Waals surface area contributed by atoms with Crippen molar-refractivity contribution in [1.82, 2.24) is 5.32 Å². The van der Waals surface area contributed by atoms with Crippen molar-refractivity contribution in [2.24, 2.45) is 0 Å². The van der Waals surface area contributed by atoms with E-state index >= 15 is 0 Å². The van der Waals surface area contributed by atoms with Gasteiger partial charge in [0.1, 0.15) is 0 Å². The Balaban J connectivity index is 2.26. The van der Waals surface area contributed by atoms with Gasteiger partial charge in [0.15, 0.2) is 0 Å². The van der Waals surface area contributed by atoms with Crippen LogP contribution in [0.5, 0.6) is 0 Å². The first kappa shape index (κ1) is 17.3. The van der Waals surface area contributed by atoms with Crippen molar-refractivity contribution >= 4 is 29.3 Å². The number of nitrogens with one attached hydrogen (secondary N) is 1. The number of benzene rings is 1. The third-order valence-electron chi connectivity index (χ3n) is 2.62. The van der Waals surface area contributed by atoms with Gasteiger partial charge in [-0.1, -0.05) is 11.6 Å². The van der Waals surface area contributed by atoms with Crippen LogP contribution in [0.3, 0.4) is 0 Å². The number of hydrogen-bond donors (Lipinski definition) is 2. The van der Waals surface area contributed by atoms with Crippen molar-refractivity contribution in [3.63, 3.8) is 0 Å². The summed E-state index contributed by atoms with van der Waals surface area (Å²) in [5.74, 6) is 0.675. The highest BCUT2D eigenvalue weighted by atomic mass is 35.5. The van der Waals surface area contributed by atoms with Gasteiger partial charge in [-0.25, -0.2) is 0 Å². The number of amides is 1. The summed E-state index contributed by atoms with van der Waals surface area (Å²) in [5.41, 5.74) is 0. The van der Waals surface area contributed by atoms with Crippen LogP contribution in [-0.2, 0) is 9.53 Å². The molecule has 1 unspecified atom stereocenters. The second kappa shape index (κ2) is 10.0. The highest BCUT2D eigenvalue weighted by Crippen LogP contribution is 2.20. The molecule has 2 N–H and O–H groups in total. The van der Waals surface area contributed by atoms with E-state index < -0.39 is 0 Å². The van der Waals surface area contributed by atoms with Gasteiger partial charge in [0.05, 0.1) is 12.6 Å². The van der Waals surface area contributed by atoms with E-state index in [0.29, 0.717) is 30.2 Å². The van der Waals surface area contributed by atoms with Gasteiger partial charge in [0.2, 0.25) is 5.91 Å². The highest BCUT2D eigenvalue weighted by molar-refractivity contribution is 7.99. The van der Waals surface area contributed by atoms with Crippen LogP contribution in [0.1, 0.15) is 12.8 Å². The van der Waals surface area contributed by atoms with Gasteiger partial charge in [-0.2, -0.15) is 0 Å². The summed E-state index contributed by atoms with van der Waals surface area (Å²) in [6.45, 7) is 0.449. The van der Waals surface area contributed by atoms with Crippen molar-refractivity contribution in [1.29, 1.82) is 0 Å². The van der Waals surface area contributed by atoms with Crippen LogP contribution in [0, 0.1) is 0 Å². The average Bonchev–Trinajstić information content (AvgIpc) is 2.41. The normalized spacial score (nSPS) is 12.2. The molecule has 6 heteroatoms. The van der Waals surface area contributed by atoms with E-state index in [1.165, 1.54) is 0 Å². The molecule has 112 valence electrons. The molecule has 0 fully saturated rings. The van der Waals surface area contributed by atoms with Crippen LogP contribution < -0.4 is 5.32 Å². The molecule has 0 aliphatic heterocycles. The Morgan fingerprint density at radius 3 is 2.75 bits per heavy atom. The molecule has 1 aromatic rings. The number of ether oxygens (including phenoxy) is 1. The number of thioether (sulfide) groups is 1. The maximum atomic E-state index is 11.8. The third kappa shape index (κ3) is 7.14. The molecule has 0 spiro atoms. The largest absolute Gasteiger partial charge is 0.396 e. The maximum absolute atomic E-state index is 11.8. The molecular weight excluding hydrogens is 298 g/mol. The van der Waals surface area contributed by atoms with E-state index in [9.17, 15) is 4.79 Å². The minimum atomic E-state index is -0.127. The number of methoxy groups -OCH3 is 1. The summed E-state index contributed by atoms with van der Waals surface area (Å²) >= 11 is 7.42. The predicted octanol–water partition coefficient (Wildman–Crippen LogP) is 2.34. The Bertz CT molecular complexity index is 394. The molecule has 4 nitrogen and oxygen atoms in total. The first-order valence-electron chi connectivity index (χ1n) is 6.43. The summed E-state index contributed by atoms with van der Waals surface area (Å²) in [5, 5.41) is 12.5. The molecule has 0 bridgehead atoms. The fourth-order valence-corrected chi connectivity index (χ4v) is 2.62. The SMILES string of the molecule is COCC(CCO)NC(=O)CCSc1ccc(Cl)cc1. The van der Waals surface area contributed by atoms with E-state index in [-0.39, 0.29) is 18.6 Å². The standard InChI is InChI=1S/C14H20ClNO3S/c1-19-10-12(6-8-17)16-14(18)7-9-20-13-4-2-11(15)3-5-13/h2-5,12,17H,6-10H2,1H3,(H,16,18). The Morgan fingerprint density at radius 2 is 2.15 bits per heavy atom. The zero-order chi connectivity index (χ0) is 14.8. The fraction of sp³-hybridized carbons (Fsp3) is 0.500. The Hall–Kier alpha value is -0.750. The average molecular weight is 318 g/mol. The van der Waals surface area contributed by atoms with E-state index in [2.05, 4.69) is 5.32 Å². The van der Waals surface area contributed by atoms with Crippen LogP contribution >= 0.6 is 23.4 Å². The molecule has 1 rings (SSSR count). The molecule has 0 aliphatic rings. The molecule has 1 amide bonds. The van der Waals surface area contributed by atoms with Crippen molar-refractivity contribution < 1.29 is 14.6 Å². The van der Waals surface area contributed by atoms with E-state index in [1.54, 1.807) is 18.9 Å². The zero-order valence-corrected chi connectivity index (χ0v) is 13.0. The van der Waals surface area contributed by atoms with Crippen LogP contribution in [0.15, 0.2) is 29.2 Å². The molecule has 0 saturated carbocycles. The van der Waals surface area contributed by atoms with Gasteiger partial charge in [-0.15, -0.1) is 11.8 Å². The van der Waals surface area contributed by atoms with E-state index in [4.69, 9.17) is 21.4 Å². The smallest absolute Gasteiger partial charge is 0.221 e. The van der Waals surface area contributed by atoms with Crippen LogP contribution in [-0.4, -0.2) is 43.1 Å². The number of halogens is 1. The topological polar surface area (TPSA) is 58.6 Å². The van der Waals surface area contributed by atoms with Gasteiger partial charge in [-0.3, -0.25) is 4.79 Å². The molecular formula is C14H20ClNO3S. The molecule has 0 radical (unpaired) electrons. The minimum absolute atomic E-state index is 0.0260. The minimum Gasteiger partial charge on any atom is -0.396 e. The number of aliphatic hydroxyl groups is 1. The molecule has 0 aliphatic carbocycles. The number of rotatable bonds is 9. The summed E-state index contributed by atoms with van der Waals surface area (Å²) in [4.78, 5) is 12.9. The lowest BCUT2D eigenvalue weighted by Gasteiger charge is -2.16. The van der Waals surface area contributed by atoms with Gasteiger partial charge in [0, 0.05) is 35.8 Å². The summed E-state index contributed by atoms with van der Waals surface area (Å²) in [6.07, 6.45) is 0.933. The summed E-state index contributed by atoms with van der Waals surface area (Å²) < 4.78 is 5.00. The second-order valence-corrected chi connectivity index (χ2v) is 5.89. The Kier molecular flexibility index (Phi) is 8.69. The van der Waals surface area contributed by atoms with Crippen LogP contribution in [0.2, 0.25) is 5.02 Å². The van der Waals surface area contributed by atoms with Gasteiger partial charge in [0.25, 0.3) is 0 Å². The molecule has 0 heterocycles. The first-order valence-corrected chi connectivity index (χ1v) is 7.79. The van der Waals surface area contributed by atoms with Crippen molar-refractivity contribution in [3.8, 4) is 0 Å². The van der Waals surface area contributed by atoms with Gasteiger partial charge >= 0.3 is 0 Å². The number of hydrogen-bond acceptors (Lipinski definition) is 4. The number of carbonyl (C=O) groups excluding carboxylic acids is 1. The zero-order valence-electron chi connectivity index (χ0n) is 11.5. The first-order chi connectivity index (χ1) is 9.65. The fourth-order valence-electron chi connectivity index (χ4n) is 1.65. The quantitative estimate of drug-likeness (QED) is 0.686. The molecule has 1 atom stereocenters. The monoisotopic (exact) mass is 317 g/mol. The Morgan fingerprint density at radius 1 is 1.45 bits per heavy atom. The third-order valence-corrected chi connectivity index (χ3v) is 3.89. The molecule has 1 aromatic carbocycles. The van der Waals surface area contributed by atoms with Gasteiger partial charge < -0.3 is 15.2 Å². The van der Waals surface area contributed by atoms with Crippen molar-refractivity contribution in [2.45, 2.75) is 23.8 Å². The summed E-state index contributed by atoms with van der Waals surface area (Å²) in [7, 11) is 1.58. The lowest BCUT2D eigenvalue weighted by molar-refractivity contribution is -0.121. The number of carbonyl (C=O) groups is 1. The second-order valence-electron chi connectivity index (χ2n) is 4.28. The molecule has 0 aromatic heterocycles. The van der Waals surface area contributed by atoms with Crippen LogP contribution in [0.4, 0.5) is 0 Å². The lowest BCUT2D eigenvalue weighted by atomic mass is 10.2.